The maximum atomic E-state index is 12.6. The second kappa shape index (κ2) is 12.1. The average Bonchev–Trinajstić information content (AvgIpc) is 2.80. The molecule has 1 aromatic rings. The average molecular weight is 427 g/mol. The van der Waals surface area contributed by atoms with Crippen LogP contribution >= 0.6 is 0 Å². The van der Waals surface area contributed by atoms with Crippen molar-refractivity contribution in [2.45, 2.75) is 117 Å². The Morgan fingerprint density at radius 2 is 1.48 bits per heavy atom. The minimum atomic E-state index is -0.236. The number of aryl methyl sites for hydroxylation is 1. The predicted molar refractivity (Wildman–Crippen MR) is 130 cm³/mol. The van der Waals surface area contributed by atoms with E-state index < -0.39 is 0 Å². The van der Waals surface area contributed by atoms with Crippen molar-refractivity contribution in [3.05, 3.63) is 35.4 Å². The Balaban J connectivity index is 1.42. The van der Waals surface area contributed by atoms with Crippen LogP contribution in [0.4, 0.5) is 0 Å². The van der Waals surface area contributed by atoms with E-state index in [1.54, 1.807) is 5.56 Å². The lowest BCUT2D eigenvalue weighted by Gasteiger charge is -2.41. The fourth-order valence-electron chi connectivity index (χ4n) is 5.90. The molecule has 0 aromatic heterocycles. The van der Waals surface area contributed by atoms with Gasteiger partial charge in [-0.2, -0.15) is 0 Å². The molecule has 0 bridgehead atoms. The van der Waals surface area contributed by atoms with Crippen molar-refractivity contribution in [2.24, 2.45) is 17.3 Å². The van der Waals surface area contributed by atoms with Gasteiger partial charge in [-0.15, -0.1) is 0 Å². The van der Waals surface area contributed by atoms with Gasteiger partial charge in [0.1, 0.15) is 0 Å². The van der Waals surface area contributed by atoms with Crippen molar-refractivity contribution in [1.82, 2.24) is 0 Å². The van der Waals surface area contributed by atoms with Crippen LogP contribution in [0.2, 0.25) is 0 Å². The van der Waals surface area contributed by atoms with Crippen molar-refractivity contribution < 1.29 is 9.53 Å². The summed E-state index contributed by atoms with van der Waals surface area (Å²) in [4.78, 5) is 12.6. The molecule has 0 N–H and O–H groups in total. The van der Waals surface area contributed by atoms with Gasteiger partial charge in [0.25, 0.3) is 0 Å². The molecule has 2 heteroatoms. The van der Waals surface area contributed by atoms with Crippen LogP contribution in [0.25, 0.3) is 0 Å². The van der Waals surface area contributed by atoms with Crippen molar-refractivity contribution in [1.29, 1.82) is 0 Å². The minimum absolute atomic E-state index is 0.0567. The van der Waals surface area contributed by atoms with Crippen molar-refractivity contribution in [2.75, 3.05) is 6.61 Å². The lowest BCUT2D eigenvalue weighted by molar-refractivity contribution is -0.157. The van der Waals surface area contributed by atoms with Gasteiger partial charge in [-0.05, 0) is 106 Å². The molecular weight excluding hydrogens is 380 g/mol. The van der Waals surface area contributed by atoms with Crippen LogP contribution in [0.15, 0.2) is 24.3 Å². The number of ether oxygens (including phenoxy) is 1. The SMILES string of the molecule is CCCCCc1ccc(C2CCC(C3CCC(C)(C(=O)OCCCC)CC3)CC2)cc1. The Kier molecular flexibility index (Phi) is 9.48. The molecule has 0 aliphatic heterocycles. The van der Waals surface area contributed by atoms with Crippen LogP contribution in [0.3, 0.4) is 0 Å². The first-order chi connectivity index (χ1) is 15.1. The van der Waals surface area contributed by atoms with Gasteiger partial charge in [0.15, 0.2) is 0 Å². The van der Waals surface area contributed by atoms with E-state index in [4.69, 9.17) is 4.74 Å². The largest absolute Gasteiger partial charge is 0.465 e. The highest BCUT2D eigenvalue weighted by atomic mass is 16.5. The van der Waals surface area contributed by atoms with Gasteiger partial charge in [-0.25, -0.2) is 0 Å². The fraction of sp³-hybridized carbons (Fsp3) is 0.759. The Morgan fingerprint density at radius 1 is 0.871 bits per heavy atom. The number of hydrogen-bond acceptors (Lipinski definition) is 2. The summed E-state index contributed by atoms with van der Waals surface area (Å²) in [7, 11) is 0. The summed E-state index contributed by atoms with van der Waals surface area (Å²) in [6.07, 6.45) is 17.1. The molecule has 2 saturated carbocycles. The summed E-state index contributed by atoms with van der Waals surface area (Å²) in [5.74, 6) is 2.49. The summed E-state index contributed by atoms with van der Waals surface area (Å²) >= 11 is 0. The highest BCUT2D eigenvalue weighted by molar-refractivity contribution is 5.76. The van der Waals surface area contributed by atoms with Gasteiger partial charge >= 0.3 is 5.97 Å². The third-order valence-corrected chi connectivity index (χ3v) is 8.32. The zero-order valence-electron chi connectivity index (χ0n) is 20.5. The summed E-state index contributed by atoms with van der Waals surface area (Å²) in [5, 5.41) is 0. The second-order valence-electron chi connectivity index (χ2n) is 10.7. The standard InChI is InChI=1S/C29H46O2/c1-4-6-8-9-23-10-12-24(13-11-23)25-14-16-26(17-15-25)27-18-20-29(3,21-19-27)28(30)31-22-7-5-2/h10-13,25-27H,4-9,14-22H2,1-3H3. The Hall–Kier alpha value is -1.31. The number of carbonyl (C=O) groups excluding carboxylic acids is 1. The lowest BCUT2D eigenvalue weighted by atomic mass is 9.64. The molecule has 0 spiro atoms. The molecule has 2 nitrogen and oxygen atoms in total. The minimum Gasteiger partial charge on any atom is -0.465 e. The molecule has 0 heterocycles. The Labute approximate surface area is 191 Å². The summed E-state index contributed by atoms with van der Waals surface area (Å²) in [5.41, 5.74) is 2.83. The molecule has 31 heavy (non-hydrogen) atoms. The van der Waals surface area contributed by atoms with Crippen molar-refractivity contribution in [3.8, 4) is 0 Å². The summed E-state index contributed by atoms with van der Waals surface area (Å²) < 4.78 is 5.57. The normalized spacial score (nSPS) is 28.9. The van der Waals surface area contributed by atoms with Crippen LogP contribution in [-0.4, -0.2) is 12.6 Å². The molecule has 0 unspecified atom stereocenters. The molecule has 0 amide bonds. The summed E-state index contributed by atoms with van der Waals surface area (Å²) in [6, 6.07) is 9.56. The van der Waals surface area contributed by atoms with E-state index in [0.717, 1.165) is 43.4 Å². The quantitative estimate of drug-likeness (QED) is 0.278. The number of esters is 1. The van der Waals surface area contributed by atoms with E-state index in [-0.39, 0.29) is 11.4 Å². The topological polar surface area (TPSA) is 26.3 Å². The van der Waals surface area contributed by atoms with Crippen LogP contribution in [0, 0.1) is 17.3 Å². The Bertz CT molecular complexity index is 646. The van der Waals surface area contributed by atoms with Crippen LogP contribution in [-0.2, 0) is 16.0 Å². The van der Waals surface area contributed by atoms with Crippen molar-refractivity contribution in [3.63, 3.8) is 0 Å². The lowest BCUT2D eigenvalue weighted by Crippen LogP contribution is -2.36. The van der Waals surface area contributed by atoms with Crippen LogP contribution < -0.4 is 0 Å². The first kappa shape index (κ1) is 24.3. The van der Waals surface area contributed by atoms with Gasteiger partial charge in [-0.1, -0.05) is 57.4 Å². The first-order valence-electron chi connectivity index (χ1n) is 13.3. The maximum absolute atomic E-state index is 12.6. The fourth-order valence-corrected chi connectivity index (χ4v) is 5.90. The molecular formula is C29H46O2. The van der Waals surface area contributed by atoms with E-state index in [0.29, 0.717) is 6.61 Å². The first-order valence-corrected chi connectivity index (χ1v) is 13.3. The second-order valence-corrected chi connectivity index (χ2v) is 10.7. The van der Waals surface area contributed by atoms with E-state index in [9.17, 15) is 4.79 Å². The highest BCUT2D eigenvalue weighted by Gasteiger charge is 2.41. The van der Waals surface area contributed by atoms with Crippen LogP contribution in [0.1, 0.15) is 121 Å². The third kappa shape index (κ3) is 6.83. The molecule has 1 aromatic carbocycles. The molecule has 174 valence electrons. The van der Waals surface area contributed by atoms with Crippen LogP contribution in [0.5, 0.6) is 0 Å². The molecule has 2 aliphatic carbocycles. The molecule has 3 rings (SSSR count). The molecule has 0 atom stereocenters. The monoisotopic (exact) mass is 426 g/mol. The number of unbranched alkanes of at least 4 members (excludes halogenated alkanes) is 3. The predicted octanol–water partition coefficient (Wildman–Crippen LogP) is 8.23. The van der Waals surface area contributed by atoms with E-state index in [2.05, 4.69) is 45.0 Å². The summed E-state index contributed by atoms with van der Waals surface area (Å²) in [6.45, 7) is 7.14. The highest BCUT2D eigenvalue weighted by Crippen LogP contribution is 2.47. The smallest absolute Gasteiger partial charge is 0.311 e. The zero-order valence-corrected chi connectivity index (χ0v) is 20.5. The molecule has 0 saturated heterocycles. The Morgan fingerprint density at radius 3 is 2.10 bits per heavy atom. The molecule has 2 aliphatic rings. The van der Waals surface area contributed by atoms with E-state index in [1.165, 1.54) is 69.8 Å². The van der Waals surface area contributed by atoms with Gasteiger partial charge in [-0.3, -0.25) is 4.79 Å². The number of carbonyl (C=O) groups is 1. The van der Waals surface area contributed by atoms with Gasteiger partial charge in [0.2, 0.25) is 0 Å². The molecule has 2 fully saturated rings. The number of hydrogen-bond donors (Lipinski definition) is 0. The number of benzene rings is 1. The number of rotatable bonds is 10. The zero-order chi connectivity index (χ0) is 22.1. The maximum Gasteiger partial charge on any atom is 0.311 e. The van der Waals surface area contributed by atoms with Gasteiger partial charge in [0, 0.05) is 0 Å². The van der Waals surface area contributed by atoms with E-state index in [1.807, 2.05) is 0 Å². The van der Waals surface area contributed by atoms with Gasteiger partial charge in [0.05, 0.1) is 12.0 Å². The van der Waals surface area contributed by atoms with E-state index >= 15 is 0 Å². The molecule has 0 radical (unpaired) electrons. The third-order valence-electron chi connectivity index (χ3n) is 8.32. The van der Waals surface area contributed by atoms with Gasteiger partial charge < -0.3 is 4.74 Å². The van der Waals surface area contributed by atoms with Crippen molar-refractivity contribution >= 4 is 5.97 Å².